The van der Waals surface area contributed by atoms with Gasteiger partial charge in [0.05, 0.1) is 27.8 Å². The number of aromatic nitrogens is 2. The molecule has 10 nitrogen and oxygen atoms in total. The van der Waals surface area contributed by atoms with Crippen LogP contribution in [-0.2, 0) is 17.1 Å². The summed E-state index contributed by atoms with van der Waals surface area (Å²) in [5.41, 5.74) is 0.743. The van der Waals surface area contributed by atoms with E-state index in [4.69, 9.17) is 0 Å². The summed E-state index contributed by atoms with van der Waals surface area (Å²) < 4.78 is 28.9. The Kier molecular flexibility index (Phi) is 5.16. The molecule has 11 heteroatoms. The molecule has 2 aliphatic rings. The first-order valence-electron chi connectivity index (χ1n) is 9.52. The maximum atomic E-state index is 13.0. The van der Waals surface area contributed by atoms with Crippen LogP contribution in [0.5, 0.6) is 0 Å². The van der Waals surface area contributed by atoms with Gasteiger partial charge < -0.3 is 5.32 Å². The second-order valence-electron chi connectivity index (χ2n) is 7.45. The van der Waals surface area contributed by atoms with Crippen LogP contribution < -0.4 is 10.6 Å². The average molecular weight is 431 g/mol. The summed E-state index contributed by atoms with van der Waals surface area (Å²) in [6, 6.07) is 3.97. The van der Waals surface area contributed by atoms with E-state index >= 15 is 0 Å². The Morgan fingerprint density at radius 1 is 1.20 bits per heavy atom. The maximum absolute atomic E-state index is 13.0. The third-order valence-corrected chi connectivity index (χ3v) is 7.33. The molecule has 2 aromatic rings. The molecule has 0 atom stereocenters. The number of rotatable bonds is 5. The fourth-order valence-corrected chi connectivity index (χ4v) is 5.18. The number of hydrogen-bond acceptors (Lipinski definition) is 6. The highest BCUT2D eigenvalue weighted by Crippen LogP contribution is 2.26. The monoisotopic (exact) mass is 431 g/mol. The Balaban J connectivity index is 1.37. The summed E-state index contributed by atoms with van der Waals surface area (Å²) in [5.74, 6) is -1.15. The van der Waals surface area contributed by atoms with E-state index < -0.39 is 21.8 Å². The summed E-state index contributed by atoms with van der Waals surface area (Å²) in [7, 11) is -2.04. The first-order chi connectivity index (χ1) is 14.3. The van der Waals surface area contributed by atoms with Crippen molar-refractivity contribution < 1.29 is 22.8 Å². The van der Waals surface area contributed by atoms with Crippen molar-refractivity contribution in [1.82, 2.24) is 24.7 Å². The van der Waals surface area contributed by atoms with Crippen molar-refractivity contribution in [2.24, 2.45) is 13.0 Å². The van der Waals surface area contributed by atoms with Gasteiger partial charge in [-0.2, -0.15) is 9.40 Å². The second-order valence-corrected chi connectivity index (χ2v) is 9.39. The zero-order valence-electron chi connectivity index (χ0n) is 16.3. The number of hydrogen-bond donors (Lipinski definition) is 2. The van der Waals surface area contributed by atoms with Gasteiger partial charge in [0.25, 0.3) is 17.7 Å². The summed E-state index contributed by atoms with van der Waals surface area (Å²) in [5, 5.41) is 8.99. The number of amides is 3. The first kappa shape index (κ1) is 20.2. The van der Waals surface area contributed by atoms with Gasteiger partial charge in [0.15, 0.2) is 0 Å². The van der Waals surface area contributed by atoms with Crippen molar-refractivity contribution in [2.75, 3.05) is 19.6 Å². The smallest absolute Gasteiger partial charge is 0.258 e. The molecule has 1 fully saturated rings. The maximum Gasteiger partial charge on any atom is 0.258 e. The average Bonchev–Trinajstić information content (AvgIpc) is 3.29. The molecule has 0 aliphatic carbocycles. The molecule has 1 saturated heterocycles. The third-order valence-electron chi connectivity index (χ3n) is 5.44. The Morgan fingerprint density at radius 3 is 2.57 bits per heavy atom. The molecule has 3 amide bonds. The van der Waals surface area contributed by atoms with Gasteiger partial charge in [0, 0.05) is 32.9 Å². The van der Waals surface area contributed by atoms with Crippen LogP contribution in [0.1, 0.15) is 43.9 Å². The predicted octanol–water partition coefficient (Wildman–Crippen LogP) is 0.134. The fourth-order valence-electron chi connectivity index (χ4n) is 3.69. The van der Waals surface area contributed by atoms with E-state index in [-0.39, 0.29) is 27.8 Å². The summed E-state index contributed by atoms with van der Waals surface area (Å²) in [6.45, 7) is 1.10. The highest BCUT2D eigenvalue weighted by atomic mass is 32.2. The molecule has 30 heavy (non-hydrogen) atoms. The normalized spacial score (nSPS) is 17.6. The summed E-state index contributed by atoms with van der Waals surface area (Å²) in [4.78, 5) is 35.6. The minimum Gasteiger partial charge on any atom is -0.352 e. The predicted molar refractivity (Wildman–Crippen MR) is 105 cm³/mol. The lowest BCUT2D eigenvalue weighted by molar-refractivity contribution is 0.0877. The lowest BCUT2D eigenvalue weighted by Crippen LogP contribution is -2.41. The van der Waals surface area contributed by atoms with E-state index in [1.807, 2.05) is 0 Å². The van der Waals surface area contributed by atoms with Crippen molar-refractivity contribution in [3.8, 4) is 0 Å². The Hall–Kier alpha value is -3.05. The Bertz CT molecular complexity index is 1130. The number of aryl methyl sites for hydroxylation is 1. The first-order valence-corrected chi connectivity index (χ1v) is 11.0. The van der Waals surface area contributed by atoms with Crippen LogP contribution in [0, 0.1) is 5.92 Å². The lowest BCUT2D eigenvalue weighted by atomic mass is 9.98. The van der Waals surface area contributed by atoms with Gasteiger partial charge in [-0.15, -0.1) is 0 Å². The van der Waals surface area contributed by atoms with Crippen molar-refractivity contribution in [1.29, 1.82) is 0 Å². The van der Waals surface area contributed by atoms with Crippen LogP contribution >= 0.6 is 0 Å². The molecule has 4 rings (SSSR count). The van der Waals surface area contributed by atoms with Crippen molar-refractivity contribution >= 4 is 27.7 Å². The zero-order chi connectivity index (χ0) is 21.5. The van der Waals surface area contributed by atoms with Gasteiger partial charge in [-0.3, -0.25) is 24.4 Å². The summed E-state index contributed by atoms with van der Waals surface area (Å²) in [6.07, 6.45) is 4.34. The van der Waals surface area contributed by atoms with Gasteiger partial charge in [-0.05, 0) is 37.0 Å². The molecule has 3 heterocycles. The van der Waals surface area contributed by atoms with Gasteiger partial charge in [-0.1, -0.05) is 0 Å². The minimum absolute atomic E-state index is 0.00516. The number of fused-ring (bicyclic) bond motifs is 1. The van der Waals surface area contributed by atoms with Gasteiger partial charge in [0.1, 0.15) is 0 Å². The molecular formula is C19H21N5O5S. The van der Waals surface area contributed by atoms with Crippen molar-refractivity contribution in [2.45, 2.75) is 17.7 Å². The van der Waals surface area contributed by atoms with Crippen molar-refractivity contribution in [3.63, 3.8) is 0 Å². The molecule has 1 aromatic heterocycles. The molecule has 2 N–H and O–H groups in total. The molecule has 158 valence electrons. The number of imide groups is 1. The molecule has 0 unspecified atom stereocenters. The third kappa shape index (κ3) is 3.73. The van der Waals surface area contributed by atoms with E-state index in [1.54, 1.807) is 17.9 Å². The van der Waals surface area contributed by atoms with E-state index in [9.17, 15) is 22.8 Å². The van der Waals surface area contributed by atoms with Crippen molar-refractivity contribution in [3.05, 3.63) is 47.3 Å². The van der Waals surface area contributed by atoms with Gasteiger partial charge in [-0.25, -0.2) is 8.42 Å². The lowest BCUT2D eigenvalue weighted by Gasteiger charge is -2.31. The minimum atomic E-state index is -3.78. The van der Waals surface area contributed by atoms with Crippen LogP contribution in [0.15, 0.2) is 35.5 Å². The van der Waals surface area contributed by atoms with Gasteiger partial charge >= 0.3 is 0 Å². The quantitative estimate of drug-likeness (QED) is 0.648. The molecule has 0 spiro atoms. The number of nitrogens with zero attached hydrogens (tertiary/aromatic N) is 3. The molecule has 0 radical (unpaired) electrons. The standard InChI is InChI=1S/C19H21N5O5S/c1-23-11-13(10-21-23)17(25)20-9-12-4-6-24(7-5-12)30(28,29)14-2-3-15-16(8-14)19(27)22-18(15)26/h2-3,8,10-12H,4-7,9H2,1H3,(H,20,25)(H,22,26,27). The molecule has 2 aliphatic heterocycles. The number of carbonyl (C=O) groups is 3. The van der Waals surface area contributed by atoms with E-state index in [0.29, 0.717) is 38.0 Å². The number of sulfonamides is 1. The largest absolute Gasteiger partial charge is 0.352 e. The Morgan fingerprint density at radius 2 is 1.90 bits per heavy atom. The van der Waals surface area contributed by atoms with E-state index in [2.05, 4.69) is 15.7 Å². The van der Waals surface area contributed by atoms with Crippen LogP contribution in [-0.4, -0.2) is 59.9 Å². The van der Waals surface area contributed by atoms with Gasteiger partial charge in [0.2, 0.25) is 10.0 Å². The number of carbonyl (C=O) groups excluding carboxylic acids is 3. The highest BCUT2D eigenvalue weighted by Gasteiger charge is 2.33. The molecular weight excluding hydrogens is 410 g/mol. The van der Waals surface area contributed by atoms with E-state index in [0.717, 1.165) is 0 Å². The fraction of sp³-hybridized carbons (Fsp3) is 0.368. The number of piperidine rings is 1. The summed E-state index contributed by atoms with van der Waals surface area (Å²) >= 11 is 0. The van der Waals surface area contributed by atoms with Crippen LogP contribution in [0.25, 0.3) is 0 Å². The highest BCUT2D eigenvalue weighted by molar-refractivity contribution is 7.89. The van der Waals surface area contributed by atoms with E-state index in [1.165, 1.54) is 28.7 Å². The topological polar surface area (TPSA) is 130 Å². The Labute approximate surface area is 173 Å². The van der Waals surface area contributed by atoms with Crippen LogP contribution in [0.4, 0.5) is 0 Å². The zero-order valence-corrected chi connectivity index (χ0v) is 17.1. The molecule has 1 aromatic carbocycles. The second kappa shape index (κ2) is 7.65. The number of nitrogens with one attached hydrogen (secondary N) is 2. The SMILES string of the molecule is Cn1cc(C(=O)NCC2CCN(S(=O)(=O)c3ccc4c(c3)C(=O)NC4=O)CC2)cn1. The molecule has 0 saturated carbocycles. The van der Waals surface area contributed by atoms with Crippen LogP contribution in [0.2, 0.25) is 0 Å². The number of benzene rings is 1. The van der Waals surface area contributed by atoms with Crippen LogP contribution in [0.3, 0.4) is 0 Å². The molecule has 0 bridgehead atoms.